The first-order valence-electron chi connectivity index (χ1n) is 3.69. The maximum Gasteiger partial charge on any atom is 0.0246 e. The van der Waals surface area contributed by atoms with Crippen molar-refractivity contribution in [2.75, 3.05) is 33.4 Å². The van der Waals surface area contributed by atoms with E-state index in [1.54, 1.807) is 0 Å². The van der Waals surface area contributed by atoms with Crippen LogP contribution in [0.4, 0.5) is 0 Å². The van der Waals surface area contributed by atoms with E-state index in [4.69, 9.17) is 0 Å². The van der Waals surface area contributed by atoms with Crippen molar-refractivity contribution in [3.8, 4) is 0 Å². The molecule has 1 atom stereocenters. The van der Waals surface area contributed by atoms with Gasteiger partial charge in [-0.25, -0.2) is 4.31 Å². The first kappa shape index (κ1) is 8.37. The first-order valence-corrected chi connectivity index (χ1v) is 4.87. The highest BCUT2D eigenvalue weighted by atomic mass is 32.2. The van der Waals surface area contributed by atoms with E-state index in [2.05, 4.69) is 29.6 Å². The minimum Gasteiger partial charge on any atom is -0.305 e. The lowest BCUT2D eigenvalue weighted by Gasteiger charge is -2.18. The quantitative estimate of drug-likeness (QED) is 0.554. The highest BCUT2D eigenvalue weighted by molar-refractivity contribution is 7.96. The zero-order chi connectivity index (χ0) is 7.56. The second-order valence-electron chi connectivity index (χ2n) is 2.98. The summed E-state index contributed by atoms with van der Waals surface area (Å²) < 4.78 is 2.42. The van der Waals surface area contributed by atoms with Crippen LogP contribution in [0.2, 0.25) is 0 Å². The summed E-state index contributed by atoms with van der Waals surface area (Å²) in [5.41, 5.74) is 0. The molecule has 60 valence electrons. The van der Waals surface area contributed by atoms with E-state index in [9.17, 15) is 0 Å². The Morgan fingerprint density at radius 3 is 2.50 bits per heavy atom. The van der Waals surface area contributed by atoms with Gasteiger partial charge in [0.25, 0.3) is 0 Å². The van der Waals surface area contributed by atoms with Crippen LogP contribution in [0.3, 0.4) is 0 Å². The Labute approximate surface area is 67.7 Å². The molecule has 10 heavy (non-hydrogen) atoms. The van der Waals surface area contributed by atoms with Crippen LogP contribution in [0.25, 0.3) is 0 Å². The molecule has 0 bridgehead atoms. The number of hydrogen-bond acceptors (Lipinski definition) is 3. The molecule has 1 heterocycles. The van der Waals surface area contributed by atoms with Crippen molar-refractivity contribution in [2.45, 2.75) is 12.5 Å². The lowest BCUT2D eigenvalue weighted by molar-refractivity contribution is 0.305. The van der Waals surface area contributed by atoms with Crippen LogP contribution in [-0.2, 0) is 0 Å². The van der Waals surface area contributed by atoms with Crippen LogP contribution in [0.15, 0.2) is 0 Å². The Morgan fingerprint density at radius 1 is 1.50 bits per heavy atom. The number of likely N-dealkylation sites (N-methyl/N-ethyl adjacent to an activating group) is 1. The summed E-state index contributed by atoms with van der Waals surface area (Å²) in [5, 5.41) is 0. The Hall–Kier alpha value is 0.270. The molecule has 1 unspecified atom stereocenters. The summed E-state index contributed by atoms with van der Waals surface area (Å²) in [6.45, 7) is 2.48. The Bertz CT molecular complexity index is 106. The van der Waals surface area contributed by atoms with Crippen LogP contribution < -0.4 is 0 Å². The average molecular weight is 160 g/mol. The van der Waals surface area contributed by atoms with Crippen LogP contribution in [0.5, 0.6) is 0 Å². The Morgan fingerprint density at radius 2 is 2.20 bits per heavy atom. The van der Waals surface area contributed by atoms with Gasteiger partial charge in [-0.15, -0.1) is 0 Å². The van der Waals surface area contributed by atoms with Crippen molar-refractivity contribution in [2.24, 2.45) is 0 Å². The fraction of sp³-hybridized carbons (Fsp3) is 1.00. The van der Waals surface area contributed by atoms with E-state index in [1.165, 1.54) is 19.5 Å². The Balaban J connectivity index is 2.28. The summed E-state index contributed by atoms with van der Waals surface area (Å²) in [6.07, 6.45) is 3.48. The van der Waals surface area contributed by atoms with Crippen LogP contribution in [0.1, 0.15) is 6.42 Å². The molecule has 0 N–H and O–H groups in total. The van der Waals surface area contributed by atoms with Gasteiger partial charge in [0.05, 0.1) is 0 Å². The van der Waals surface area contributed by atoms with Gasteiger partial charge >= 0.3 is 0 Å². The maximum absolute atomic E-state index is 2.42. The number of nitrogens with zero attached hydrogens (tertiary/aromatic N) is 2. The summed E-state index contributed by atoms with van der Waals surface area (Å²) in [7, 11) is 4.32. The predicted octanol–water partition coefficient (Wildman–Crippen LogP) is 0.900. The van der Waals surface area contributed by atoms with Gasteiger partial charge in [0.1, 0.15) is 0 Å². The van der Waals surface area contributed by atoms with Crippen molar-refractivity contribution >= 4 is 11.9 Å². The molecule has 3 heteroatoms. The van der Waals surface area contributed by atoms with E-state index in [0.717, 1.165) is 6.04 Å². The van der Waals surface area contributed by atoms with Crippen molar-refractivity contribution in [3.63, 3.8) is 0 Å². The molecule has 1 aliphatic rings. The minimum absolute atomic E-state index is 0.785. The largest absolute Gasteiger partial charge is 0.305 e. The molecule has 0 aliphatic carbocycles. The van der Waals surface area contributed by atoms with Crippen molar-refractivity contribution in [1.82, 2.24) is 9.21 Å². The fourth-order valence-corrected chi connectivity index (χ4v) is 1.91. The van der Waals surface area contributed by atoms with E-state index < -0.39 is 0 Å². The normalized spacial score (nSPS) is 28.2. The molecular weight excluding hydrogens is 144 g/mol. The van der Waals surface area contributed by atoms with E-state index in [1.807, 2.05) is 11.9 Å². The monoisotopic (exact) mass is 160 g/mol. The molecule has 0 aromatic heterocycles. The van der Waals surface area contributed by atoms with Crippen molar-refractivity contribution < 1.29 is 0 Å². The molecule has 1 fully saturated rings. The molecule has 1 saturated heterocycles. The van der Waals surface area contributed by atoms with Gasteiger partial charge in [0, 0.05) is 19.1 Å². The molecule has 0 aromatic rings. The van der Waals surface area contributed by atoms with Gasteiger partial charge in [-0.3, -0.25) is 0 Å². The lowest BCUT2D eigenvalue weighted by atomic mass is 10.2. The lowest BCUT2D eigenvalue weighted by Crippen LogP contribution is -2.29. The van der Waals surface area contributed by atoms with Gasteiger partial charge in [-0.05, 0) is 26.8 Å². The van der Waals surface area contributed by atoms with Crippen LogP contribution >= 0.6 is 11.9 Å². The zero-order valence-electron chi connectivity index (χ0n) is 7.00. The van der Waals surface area contributed by atoms with Gasteiger partial charge in [0.2, 0.25) is 0 Å². The predicted molar refractivity (Wildman–Crippen MR) is 47.2 cm³/mol. The highest BCUT2D eigenvalue weighted by Gasteiger charge is 2.22. The maximum atomic E-state index is 2.42. The van der Waals surface area contributed by atoms with Crippen LogP contribution in [0, 0.1) is 0 Å². The third-order valence-corrected chi connectivity index (χ3v) is 2.96. The van der Waals surface area contributed by atoms with E-state index >= 15 is 0 Å². The average Bonchev–Trinajstić information content (AvgIpc) is 2.34. The summed E-state index contributed by atoms with van der Waals surface area (Å²) >= 11 is 1.86. The van der Waals surface area contributed by atoms with E-state index in [0.29, 0.717) is 0 Å². The summed E-state index contributed by atoms with van der Waals surface area (Å²) in [5.74, 6) is 0. The standard InChI is InChI=1S/C7H16N2S/c1-8(2)7-4-5-9(6-7)10-3/h7H,4-6H2,1-3H3. The molecule has 0 radical (unpaired) electrons. The van der Waals surface area contributed by atoms with Gasteiger partial charge in [0.15, 0.2) is 0 Å². The van der Waals surface area contributed by atoms with Gasteiger partial charge in [-0.2, -0.15) is 0 Å². The fourth-order valence-electron chi connectivity index (χ4n) is 1.30. The number of rotatable bonds is 2. The molecule has 1 rings (SSSR count). The second-order valence-corrected chi connectivity index (χ2v) is 3.86. The van der Waals surface area contributed by atoms with Crippen molar-refractivity contribution in [3.05, 3.63) is 0 Å². The molecule has 0 amide bonds. The van der Waals surface area contributed by atoms with E-state index in [-0.39, 0.29) is 0 Å². The highest BCUT2D eigenvalue weighted by Crippen LogP contribution is 2.18. The van der Waals surface area contributed by atoms with Crippen LogP contribution in [-0.4, -0.2) is 48.7 Å². The zero-order valence-corrected chi connectivity index (χ0v) is 7.82. The summed E-state index contributed by atoms with van der Waals surface area (Å²) in [4.78, 5) is 2.32. The first-order chi connectivity index (χ1) is 4.74. The topological polar surface area (TPSA) is 6.48 Å². The van der Waals surface area contributed by atoms with Gasteiger partial charge < -0.3 is 4.90 Å². The van der Waals surface area contributed by atoms with Crippen molar-refractivity contribution in [1.29, 1.82) is 0 Å². The minimum atomic E-state index is 0.785. The third kappa shape index (κ3) is 1.87. The molecule has 0 spiro atoms. The molecule has 0 aromatic carbocycles. The summed E-state index contributed by atoms with van der Waals surface area (Å²) in [6, 6.07) is 0.785. The number of hydrogen-bond donors (Lipinski definition) is 0. The SMILES string of the molecule is CSN1CCC(N(C)C)C1. The third-order valence-electron chi connectivity index (χ3n) is 2.11. The molecular formula is C7H16N2S. The molecule has 2 nitrogen and oxygen atoms in total. The Kier molecular flexibility index (Phi) is 3.01. The second kappa shape index (κ2) is 3.60. The molecule has 0 saturated carbocycles. The molecule has 1 aliphatic heterocycles. The smallest absolute Gasteiger partial charge is 0.0246 e. The van der Waals surface area contributed by atoms with Gasteiger partial charge in [-0.1, -0.05) is 11.9 Å².